The number of nitrogens with one attached hydrogen (secondary N) is 1. The number of hydrogen-bond donors (Lipinski definition) is 1. The maximum atomic E-state index is 13.3. The van der Waals surface area contributed by atoms with Gasteiger partial charge in [0.1, 0.15) is 5.69 Å². The number of carbonyl (C=O) groups excluding carboxylic acids is 1. The fourth-order valence-electron chi connectivity index (χ4n) is 2.80. The molecule has 0 atom stereocenters. The van der Waals surface area contributed by atoms with Gasteiger partial charge in [0.05, 0.1) is 0 Å². The number of hydrogen-bond acceptors (Lipinski definition) is 3. The minimum Gasteiger partial charge on any atom is -0.355 e. The quantitative estimate of drug-likeness (QED) is 0.920. The zero-order valence-electron chi connectivity index (χ0n) is 13.3. The zero-order valence-corrected chi connectivity index (χ0v) is 13.3. The van der Waals surface area contributed by atoms with Gasteiger partial charge in [-0.3, -0.25) is 9.78 Å². The van der Waals surface area contributed by atoms with Crippen LogP contribution in [0.4, 0.5) is 20.2 Å². The molecule has 24 heavy (non-hydrogen) atoms. The summed E-state index contributed by atoms with van der Waals surface area (Å²) in [4.78, 5) is 18.6. The van der Waals surface area contributed by atoms with Crippen LogP contribution in [-0.2, 0) is 0 Å². The van der Waals surface area contributed by atoms with Gasteiger partial charge in [-0.2, -0.15) is 0 Å². The summed E-state index contributed by atoms with van der Waals surface area (Å²) in [6, 6.07) is 6.89. The van der Waals surface area contributed by atoms with Gasteiger partial charge in [-0.15, -0.1) is 0 Å². The lowest BCUT2D eigenvalue weighted by Crippen LogP contribution is -2.32. The zero-order chi connectivity index (χ0) is 16.9. The topological polar surface area (TPSA) is 45.2 Å². The molecule has 1 aliphatic rings. The largest absolute Gasteiger partial charge is 0.355 e. The van der Waals surface area contributed by atoms with Crippen LogP contribution in [0.5, 0.6) is 0 Å². The Balaban J connectivity index is 1.75. The van der Waals surface area contributed by atoms with Crippen LogP contribution in [0.1, 0.15) is 36.2 Å². The molecule has 1 N–H and O–H groups in total. The number of rotatable bonds is 3. The molecule has 2 heterocycles. The Morgan fingerprint density at radius 1 is 0.958 bits per heavy atom. The van der Waals surface area contributed by atoms with Crippen LogP contribution >= 0.6 is 0 Å². The molecular formula is C18H19F2N3O. The summed E-state index contributed by atoms with van der Waals surface area (Å²) in [5.74, 6) is -1.91. The van der Waals surface area contributed by atoms with E-state index >= 15 is 0 Å². The van der Waals surface area contributed by atoms with Crippen molar-refractivity contribution in [3.05, 3.63) is 53.9 Å². The van der Waals surface area contributed by atoms with E-state index in [0.717, 1.165) is 50.9 Å². The van der Waals surface area contributed by atoms with Crippen LogP contribution in [0.15, 0.2) is 36.5 Å². The highest BCUT2D eigenvalue weighted by atomic mass is 19.2. The Bertz CT molecular complexity index is 728. The second-order valence-electron chi connectivity index (χ2n) is 5.89. The van der Waals surface area contributed by atoms with Crippen LogP contribution in [0.2, 0.25) is 0 Å². The number of amides is 1. The Morgan fingerprint density at radius 3 is 2.38 bits per heavy atom. The first kappa shape index (κ1) is 16.4. The van der Waals surface area contributed by atoms with Gasteiger partial charge in [0, 0.05) is 36.7 Å². The van der Waals surface area contributed by atoms with Gasteiger partial charge in [-0.1, -0.05) is 12.8 Å². The third kappa shape index (κ3) is 3.88. The van der Waals surface area contributed by atoms with Gasteiger partial charge >= 0.3 is 0 Å². The molecule has 1 aromatic heterocycles. The van der Waals surface area contributed by atoms with E-state index in [1.807, 2.05) is 4.90 Å². The molecule has 1 saturated heterocycles. The number of pyridine rings is 1. The number of halogens is 2. The van der Waals surface area contributed by atoms with Gasteiger partial charge in [-0.05, 0) is 37.1 Å². The van der Waals surface area contributed by atoms with Crippen LogP contribution in [0.3, 0.4) is 0 Å². The van der Waals surface area contributed by atoms with Crippen molar-refractivity contribution in [3.8, 4) is 0 Å². The predicted octanol–water partition coefficient (Wildman–Crippen LogP) is 4.12. The molecule has 4 nitrogen and oxygen atoms in total. The molecule has 1 fully saturated rings. The lowest BCUT2D eigenvalue weighted by molar-refractivity contribution is 0.0756. The highest BCUT2D eigenvalue weighted by Crippen LogP contribution is 2.20. The van der Waals surface area contributed by atoms with E-state index in [1.54, 1.807) is 12.1 Å². The standard InChI is InChI=1S/C18H19F2N3O/c19-15-6-5-13(11-16(15)20)22-14-7-8-21-17(12-14)18(24)23-9-3-1-2-4-10-23/h5-8,11-12H,1-4,9-10H2,(H,21,22). The molecule has 0 radical (unpaired) electrons. The molecule has 126 valence electrons. The smallest absolute Gasteiger partial charge is 0.272 e. The maximum Gasteiger partial charge on any atom is 0.272 e. The summed E-state index contributed by atoms with van der Waals surface area (Å²) in [5.41, 5.74) is 1.37. The van der Waals surface area contributed by atoms with E-state index in [4.69, 9.17) is 0 Å². The van der Waals surface area contributed by atoms with E-state index in [0.29, 0.717) is 17.1 Å². The summed E-state index contributed by atoms with van der Waals surface area (Å²) < 4.78 is 26.3. The molecule has 0 aliphatic carbocycles. The minimum atomic E-state index is -0.921. The van der Waals surface area contributed by atoms with Crippen LogP contribution in [-0.4, -0.2) is 28.9 Å². The molecule has 0 spiro atoms. The lowest BCUT2D eigenvalue weighted by Gasteiger charge is -2.20. The molecule has 3 rings (SSSR count). The first-order valence-corrected chi connectivity index (χ1v) is 8.11. The third-order valence-corrected chi connectivity index (χ3v) is 4.08. The molecule has 1 amide bonds. The van der Waals surface area contributed by atoms with Crippen LogP contribution < -0.4 is 5.32 Å². The summed E-state index contributed by atoms with van der Waals surface area (Å²) in [6.07, 6.45) is 5.86. The van der Waals surface area contributed by atoms with Crippen molar-refractivity contribution in [2.45, 2.75) is 25.7 Å². The van der Waals surface area contributed by atoms with Crippen LogP contribution in [0.25, 0.3) is 0 Å². The van der Waals surface area contributed by atoms with E-state index in [9.17, 15) is 13.6 Å². The van der Waals surface area contributed by atoms with Crippen molar-refractivity contribution < 1.29 is 13.6 Å². The second-order valence-corrected chi connectivity index (χ2v) is 5.89. The minimum absolute atomic E-state index is 0.0918. The average molecular weight is 331 g/mol. The highest BCUT2D eigenvalue weighted by molar-refractivity contribution is 5.93. The van der Waals surface area contributed by atoms with Gasteiger partial charge in [0.15, 0.2) is 11.6 Å². The molecule has 6 heteroatoms. The summed E-state index contributed by atoms with van der Waals surface area (Å²) >= 11 is 0. The van der Waals surface area contributed by atoms with Crippen molar-refractivity contribution in [3.63, 3.8) is 0 Å². The van der Waals surface area contributed by atoms with E-state index in [2.05, 4.69) is 10.3 Å². The Labute approximate surface area is 139 Å². The van der Waals surface area contributed by atoms with Crippen molar-refractivity contribution in [2.24, 2.45) is 0 Å². The summed E-state index contributed by atoms with van der Waals surface area (Å²) in [6.45, 7) is 1.50. The molecule has 1 aromatic carbocycles. The van der Waals surface area contributed by atoms with Gasteiger partial charge in [0.2, 0.25) is 0 Å². The van der Waals surface area contributed by atoms with E-state index in [-0.39, 0.29) is 5.91 Å². The summed E-state index contributed by atoms with van der Waals surface area (Å²) in [5, 5.41) is 2.97. The molecular weight excluding hydrogens is 312 g/mol. The molecule has 2 aromatic rings. The summed E-state index contributed by atoms with van der Waals surface area (Å²) in [7, 11) is 0. The van der Waals surface area contributed by atoms with E-state index in [1.165, 1.54) is 12.3 Å². The van der Waals surface area contributed by atoms with Crippen molar-refractivity contribution in [2.75, 3.05) is 18.4 Å². The molecule has 0 bridgehead atoms. The Hall–Kier alpha value is -2.50. The molecule has 0 unspecified atom stereocenters. The van der Waals surface area contributed by atoms with Crippen molar-refractivity contribution in [1.29, 1.82) is 0 Å². The predicted molar refractivity (Wildman–Crippen MR) is 88.2 cm³/mol. The fourth-order valence-corrected chi connectivity index (χ4v) is 2.80. The second kappa shape index (κ2) is 7.38. The van der Waals surface area contributed by atoms with Gasteiger partial charge in [-0.25, -0.2) is 8.78 Å². The first-order chi connectivity index (χ1) is 11.6. The Morgan fingerprint density at radius 2 is 1.67 bits per heavy atom. The number of carbonyl (C=O) groups is 1. The van der Waals surface area contributed by atoms with E-state index < -0.39 is 11.6 Å². The lowest BCUT2D eigenvalue weighted by atomic mass is 10.2. The number of anilines is 2. The fraction of sp³-hybridized carbons (Fsp3) is 0.333. The SMILES string of the molecule is O=C(c1cc(Nc2ccc(F)c(F)c2)ccn1)N1CCCCCC1. The number of nitrogens with zero attached hydrogens (tertiary/aromatic N) is 2. The van der Waals surface area contributed by atoms with Crippen molar-refractivity contribution in [1.82, 2.24) is 9.88 Å². The molecule has 0 saturated carbocycles. The normalized spacial score (nSPS) is 15.0. The number of likely N-dealkylation sites (tertiary alicyclic amines) is 1. The Kier molecular flexibility index (Phi) is 5.03. The van der Waals surface area contributed by atoms with Gasteiger partial charge < -0.3 is 10.2 Å². The monoisotopic (exact) mass is 331 g/mol. The van der Waals surface area contributed by atoms with Crippen LogP contribution in [0, 0.1) is 11.6 Å². The number of aromatic nitrogens is 1. The first-order valence-electron chi connectivity index (χ1n) is 8.11. The highest BCUT2D eigenvalue weighted by Gasteiger charge is 2.18. The maximum absolute atomic E-state index is 13.3. The average Bonchev–Trinajstić information content (AvgIpc) is 2.87. The van der Waals surface area contributed by atoms with Gasteiger partial charge in [0.25, 0.3) is 5.91 Å². The van der Waals surface area contributed by atoms with Crippen molar-refractivity contribution >= 4 is 17.3 Å². The third-order valence-electron chi connectivity index (χ3n) is 4.08. The molecule has 1 aliphatic heterocycles. The number of benzene rings is 1.